The second-order valence-corrected chi connectivity index (χ2v) is 15.6. The molecule has 27 nitrogen and oxygen atoms in total. The summed E-state index contributed by atoms with van der Waals surface area (Å²) < 4.78 is 0. The Kier molecular flexibility index (Phi) is 739. The van der Waals surface area contributed by atoms with Crippen LogP contribution in [-0.2, 0) is 75.2 Å². The molecule has 96 heavy (non-hydrogen) atoms. The normalized spacial score (nSPS) is 7.01. The monoisotopic (exact) mass is 1410 g/mol. The van der Waals surface area contributed by atoms with Crippen LogP contribution < -0.4 is 70.9 Å². The van der Waals surface area contributed by atoms with Gasteiger partial charge in [0, 0.05) is 26.1 Å². The molecular formula is C69H173N13O14. The summed E-state index contributed by atoms with van der Waals surface area (Å²) in [6.07, 6.45) is 12.1. The lowest BCUT2D eigenvalue weighted by Crippen LogP contribution is -2.33. The number of benzene rings is 2. The third-order valence-corrected chi connectivity index (χ3v) is 7.31. The molecule has 598 valence electrons. The summed E-state index contributed by atoms with van der Waals surface area (Å²) in [4.78, 5) is 109. The minimum absolute atomic E-state index is 0. The van der Waals surface area contributed by atoms with Gasteiger partial charge >= 0.3 is 0 Å². The summed E-state index contributed by atoms with van der Waals surface area (Å²) in [5.41, 5.74) is 35.0. The topological polar surface area (TPSA) is 603 Å². The van der Waals surface area contributed by atoms with Crippen molar-refractivity contribution in [1.82, 2.24) is 35.7 Å². The van der Waals surface area contributed by atoms with E-state index in [9.17, 15) is 4.79 Å². The van der Waals surface area contributed by atoms with E-state index >= 15 is 0 Å². The van der Waals surface area contributed by atoms with Crippen LogP contribution >= 0.6 is 0 Å². The van der Waals surface area contributed by atoms with E-state index in [2.05, 4.69) is 187 Å². The molecule has 1 saturated heterocycles. The minimum atomic E-state index is -0.167. The highest BCUT2D eigenvalue weighted by atomic mass is 16.3. The van der Waals surface area contributed by atoms with E-state index < -0.39 is 0 Å². The van der Waals surface area contributed by atoms with E-state index in [0.717, 1.165) is 56.1 Å². The molecule has 30 N–H and O–H groups in total. The molecule has 2 aromatic rings. The number of amides is 1. The second kappa shape index (κ2) is 358. The summed E-state index contributed by atoms with van der Waals surface area (Å²) in [7, 11) is 9.00. The maximum absolute atomic E-state index is 10.7. The number of carbonyl (C=O) groups is 13. The zero-order valence-electron chi connectivity index (χ0n) is 67.6. The second-order valence-electron chi connectivity index (χ2n) is 15.6. The van der Waals surface area contributed by atoms with E-state index in [1.54, 1.807) is 20.8 Å². The third-order valence-electron chi connectivity index (χ3n) is 7.31. The highest BCUT2D eigenvalue weighted by molar-refractivity contribution is 5.73. The van der Waals surface area contributed by atoms with Gasteiger partial charge in [-0.05, 0) is 136 Å². The predicted octanol–water partition coefficient (Wildman–Crippen LogP) is 11.5. The van der Waals surface area contributed by atoms with E-state index in [1.807, 2.05) is 112 Å². The van der Waals surface area contributed by atoms with Gasteiger partial charge in [-0.15, -0.1) is 0 Å². The first kappa shape index (κ1) is 198. The van der Waals surface area contributed by atoms with E-state index in [4.69, 9.17) is 68.4 Å². The lowest BCUT2D eigenvalue weighted by molar-refractivity contribution is -0.129. The maximum Gasteiger partial charge on any atom is 0.219 e. The maximum atomic E-state index is 10.7. The van der Waals surface area contributed by atoms with Gasteiger partial charge in [0.25, 0.3) is 0 Å². The average molecular weight is 1410 g/mol. The molecule has 1 amide bonds. The first-order valence-corrected chi connectivity index (χ1v) is 29.5. The standard InChI is InChI=1S/2C8H10.C7H13NO.3C5H12.C4H11N.C4H10.C3H8O.C2H6.6CH5N.12CH2O.5H3N/c2*1-2-8-6-4-3-5-7-8;1-7(9)8-5-3-2-4-6-8;3*1-4-5(2)3;1-2-3-4-5;1-4(2)3;1-3(2)4;19*1-2;;;;;/h2*3-7H,2H2,1H3;2-6H2,1H3;3*5H,4H2,1-3H3;2-5H2,1H3;4H,1-3H3;3-4H,1-2H3;1-2H3;6*2H2,1H3;12*1H2;5*1H3. The quantitative estimate of drug-likeness (QED) is 0.122. The molecule has 0 spiro atoms. The highest BCUT2D eigenvalue weighted by Crippen LogP contribution is 2.07. The fraction of sp³-hybridized carbons (Fsp3) is 0.638. The van der Waals surface area contributed by atoms with E-state index in [1.165, 1.54) is 105 Å². The summed E-state index contributed by atoms with van der Waals surface area (Å²) in [5, 5.41) is 8.06. The summed E-state index contributed by atoms with van der Waals surface area (Å²) in [5.74, 6) is 3.72. The van der Waals surface area contributed by atoms with Crippen molar-refractivity contribution in [3.8, 4) is 0 Å². The Morgan fingerprint density at radius 3 is 0.594 bits per heavy atom. The molecule has 0 saturated carbocycles. The smallest absolute Gasteiger partial charge is 0.219 e. The molecule has 2 aromatic carbocycles. The van der Waals surface area contributed by atoms with Gasteiger partial charge in [-0.3, -0.25) is 4.79 Å². The molecule has 1 heterocycles. The molecule has 27 heteroatoms. The Hall–Kier alpha value is -6.57. The van der Waals surface area contributed by atoms with Gasteiger partial charge in [0.2, 0.25) is 5.91 Å². The first-order chi connectivity index (χ1) is 43.9. The van der Waals surface area contributed by atoms with Crippen molar-refractivity contribution in [3.05, 3.63) is 71.8 Å². The van der Waals surface area contributed by atoms with Crippen LogP contribution in [0.5, 0.6) is 0 Å². The average Bonchev–Trinajstić information content (AvgIpc) is 3.65. The molecule has 1 fully saturated rings. The molecule has 0 unspecified atom stereocenters. The SMILES string of the molecule is C=O.C=O.C=O.C=O.C=O.C=O.C=O.C=O.C=O.C=O.C=O.C=O.CC.CC(=O)N1CCCCC1.CC(C)C.CC(C)O.CCC(C)C.CCC(C)C.CCC(C)C.CCCCN.CCc1ccccc1.CCc1ccccc1.CN.CN.CN.CN.CN.CN.N.N.N.N.N. The van der Waals surface area contributed by atoms with Crippen molar-refractivity contribution in [2.45, 2.75) is 209 Å². The number of hydrogen-bond donors (Lipinski definition) is 13. The molecule has 0 radical (unpaired) electrons. The molecule has 0 bridgehead atoms. The van der Waals surface area contributed by atoms with Gasteiger partial charge in [0.05, 0.1) is 0 Å². The van der Waals surface area contributed by atoms with Gasteiger partial charge in [-0.1, -0.05) is 204 Å². The fourth-order valence-corrected chi connectivity index (χ4v) is 2.84. The molecule has 0 aromatic heterocycles. The van der Waals surface area contributed by atoms with Gasteiger partial charge in [-0.25, -0.2) is 0 Å². The van der Waals surface area contributed by atoms with Crippen molar-refractivity contribution in [2.24, 2.45) is 63.8 Å². The Labute approximate surface area is 594 Å². The molecule has 3 rings (SSSR count). The number of carbonyl (C=O) groups excluding carboxylic acids is 13. The zero-order valence-corrected chi connectivity index (χ0v) is 67.6. The van der Waals surface area contributed by atoms with Crippen molar-refractivity contribution >= 4 is 87.4 Å². The summed E-state index contributed by atoms with van der Waals surface area (Å²) in [6.45, 7) is 68.8. The van der Waals surface area contributed by atoms with Crippen LogP contribution in [0.3, 0.4) is 0 Å². The zero-order chi connectivity index (χ0) is 80.5. The molecule has 1 aliphatic rings. The predicted molar refractivity (Wildman–Crippen MR) is 428 cm³/mol. The fourth-order valence-electron chi connectivity index (χ4n) is 2.84. The van der Waals surface area contributed by atoms with Crippen LogP contribution in [-0.4, -0.2) is 165 Å². The minimum Gasteiger partial charge on any atom is -0.394 e. The Bertz CT molecular complexity index is 1030. The lowest BCUT2D eigenvalue weighted by atomic mass is 10.1. The number of unbranched alkanes of at least 4 members (excludes halogenated alkanes) is 1. The number of likely N-dealkylation sites (tertiary alicyclic amines) is 1. The number of aliphatic hydroxyl groups excluding tert-OH is 1. The van der Waals surface area contributed by atoms with Crippen LogP contribution in [0, 0.1) is 23.7 Å². The summed E-state index contributed by atoms with van der Waals surface area (Å²) in [6, 6.07) is 20.9. The van der Waals surface area contributed by atoms with E-state index in [-0.39, 0.29) is 42.8 Å². The Morgan fingerprint density at radius 1 is 0.385 bits per heavy atom. The van der Waals surface area contributed by atoms with Crippen LogP contribution in [0.1, 0.15) is 201 Å². The highest BCUT2D eigenvalue weighted by Gasteiger charge is 2.11. The van der Waals surface area contributed by atoms with Crippen LogP contribution in [0.2, 0.25) is 0 Å². The first-order valence-electron chi connectivity index (χ1n) is 29.5. The largest absolute Gasteiger partial charge is 0.394 e. The number of nitrogens with zero attached hydrogens (tertiary/aromatic N) is 1. The van der Waals surface area contributed by atoms with Gasteiger partial charge < -0.3 is 138 Å². The molecule has 1 aliphatic heterocycles. The number of aryl methyl sites for hydroxylation is 2. The Morgan fingerprint density at radius 2 is 0.531 bits per heavy atom. The number of nitrogens with two attached hydrogens (primary N) is 7. The molecule has 0 aliphatic carbocycles. The van der Waals surface area contributed by atoms with E-state index in [0.29, 0.717) is 0 Å². The van der Waals surface area contributed by atoms with Crippen LogP contribution in [0.15, 0.2) is 60.7 Å². The molecule has 0 atom stereocenters. The van der Waals surface area contributed by atoms with Crippen molar-refractivity contribution in [2.75, 3.05) is 61.9 Å². The Balaban J connectivity index is -0.0000000172. The number of aliphatic hydroxyl groups is 1. The van der Waals surface area contributed by atoms with Crippen molar-refractivity contribution < 1.29 is 67.4 Å². The van der Waals surface area contributed by atoms with Crippen LogP contribution in [0.4, 0.5) is 0 Å². The van der Waals surface area contributed by atoms with Gasteiger partial charge in [0.15, 0.2) is 0 Å². The number of rotatable bonds is 7. The summed E-state index contributed by atoms with van der Waals surface area (Å²) >= 11 is 0. The van der Waals surface area contributed by atoms with Crippen molar-refractivity contribution in [1.29, 1.82) is 0 Å². The lowest BCUT2D eigenvalue weighted by Gasteiger charge is -2.24. The molecular weight excluding hydrogens is 1230 g/mol. The third kappa shape index (κ3) is 584. The number of piperidine rings is 1. The van der Waals surface area contributed by atoms with Gasteiger partial charge in [0.1, 0.15) is 81.5 Å². The van der Waals surface area contributed by atoms with Gasteiger partial charge in [-0.2, -0.15) is 0 Å². The van der Waals surface area contributed by atoms with Crippen LogP contribution in [0.25, 0.3) is 0 Å². The van der Waals surface area contributed by atoms with Crippen molar-refractivity contribution in [3.63, 3.8) is 0 Å². The number of hydrogen-bond acceptors (Lipinski definition) is 26.